The van der Waals surface area contributed by atoms with Gasteiger partial charge in [-0.05, 0) is 19.1 Å². The molecule has 100 valence electrons. The van der Waals surface area contributed by atoms with Crippen molar-refractivity contribution in [2.75, 3.05) is 19.8 Å². The van der Waals surface area contributed by atoms with E-state index in [9.17, 15) is 8.42 Å². The highest BCUT2D eigenvalue weighted by Crippen LogP contribution is 2.10. The van der Waals surface area contributed by atoms with Gasteiger partial charge < -0.3 is 10.5 Å². The van der Waals surface area contributed by atoms with E-state index in [4.69, 9.17) is 22.7 Å². The van der Waals surface area contributed by atoms with Crippen LogP contribution in [0.5, 0.6) is 0 Å². The number of ether oxygens (including phenoxy) is 1. The summed E-state index contributed by atoms with van der Waals surface area (Å²) in [5.74, 6) is 0. The summed E-state index contributed by atoms with van der Waals surface area (Å²) in [5, 5.41) is 0. The minimum Gasteiger partial charge on any atom is -0.389 e. The summed E-state index contributed by atoms with van der Waals surface area (Å²) in [7, 11) is -3.50. The Hall–Kier alpha value is -1.02. The molecule has 0 radical (unpaired) electrons. The first kappa shape index (κ1) is 15.0. The molecular formula is C11H16N2O3S2. The van der Waals surface area contributed by atoms with Gasteiger partial charge in [-0.25, -0.2) is 13.1 Å². The molecular weight excluding hydrogens is 272 g/mol. The third-order valence-electron chi connectivity index (χ3n) is 2.19. The minimum absolute atomic E-state index is 0.180. The van der Waals surface area contributed by atoms with Crippen LogP contribution in [0.4, 0.5) is 0 Å². The Kier molecular flexibility index (Phi) is 5.67. The molecule has 18 heavy (non-hydrogen) atoms. The third-order valence-corrected chi connectivity index (χ3v) is 3.90. The first-order valence-corrected chi connectivity index (χ1v) is 7.34. The van der Waals surface area contributed by atoms with Gasteiger partial charge in [0.25, 0.3) is 0 Å². The van der Waals surface area contributed by atoms with E-state index >= 15 is 0 Å². The van der Waals surface area contributed by atoms with E-state index in [0.29, 0.717) is 18.8 Å². The molecule has 0 aliphatic rings. The number of hydrogen-bond acceptors (Lipinski definition) is 4. The Morgan fingerprint density at radius 1 is 1.39 bits per heavy atom. The molecule has 0 saturated carbocycles. The number of nitrogens with two attached hydrogens (primary N) is 1. The number of sulfonamides is 1. The minimum atomic E-state index is -3.50. The monoisotopic (exact) mass is 288 g/mol. The van der Waals surface area contributed by atoms with Crippen molar-refractivity contribution in [1.29, 1.82) is 0 Å². The lowest BCUT2D eigenvalue weighted by atomic mass is 10.2. The molecule has 1 aromatic carbocycles. The molecule has 3 N–H and O–H groups in total. The summed E-state index contributed by atoms with van der Waals surface area (Å²) in [5.41, 5.74) is 6.07. The van der Waals surface area contributed by atoms with Crippen LogP contribution in [-0.4, -0.2) is 33.2 Å². The molecule has 0 fully saturated rings. The standard InChI is InChI=1S/C11H16N2O3S2/c1-2-16-8-7-13-18(14,15)10-5-3-9(4-6-10)11(12)17/h3-6,13H,2,7-8H2,1H3,(H2,12,17). The molecule has 0 aromatic heterocycles. The first-order chi connectivity index (χ1) is 8.47. The Labute approximate surface area is 112 Å². The Bertz CT molecular complexity index is 498. The zero-order chi connectivity index (χ0) is 13.6. The van der Waals surface area contributed by atoms with Gasteiger partial charge in [-0.1, -0.05) is 24.4 Å². The lowest BCUT2D eigenvalue weighted by Gasteiger charge is -2.07. The topological polar surface area (TPSA) is 81.4 Å². The van der Waals surface area contributed by atoms with Crippen LogP contribution in [0.25, 0.3) is 0 Å². The molecule has 0 aliphatic heterocycles. The molecule has 0 bridgehead atoms. The van der Waals surface area contributed by atoms with Gasteiger partial charge in [-0.15, -0.1) is 0 Å². The zero-order valence-electron chi connectivity index (χ0n) is 10.0. The highest BCUT2D eigenvalue weighted by Gasteiger charge is 2.13. The van der Waals surface area contributed by atoms with Gasteiger partial charge in [0, 0.05) is 18.7 Å². The average Bonchev–Trinajstić information content (AvgIpc) is 2.35. The van der Waals surface area contributed by atoms with Crippen LogP contribution in [0.1, 0.15) is 12.5 Å². The quantitative estimate of drug-likeness (QED) is 0.568. The van der Waals surface area contributed by atoms with Crippen molar-refractivity contribution in [3.63, 3.8) is 0 Å². The van der Waals surface area contributed by atoms with Crippen LogP contribution >= 0.6 is 12.2 Å². The fourth-order valence-electron chi connectivity index (χ4n) is 1.27. The normalized spacial score (nSPS) is 11.4. The average molecular weight is 288 g/mol. The maximum Gasteiger partial charge on any atom is 0.240 e. The fraction of sp³-hybridized carbons (Fsp3) is 0.364. The van der Waals surface area contributed by atoms with Gasteiger partial charge in [-0.3, -0.25) is 0 Å². The maximum atomic E-state index is 11.8. The van der Waals surface area contributed by atoms with E-state index in [0.717, 1.165) is 0 Å². The van der Waals surface area contributed by atoms with Gasteiger partial charge in [0.1, 0.15) is 4.99 Å². The Morgan fingerprint density at radius 3 is 2.50 bits per heavy atom. The molecule has 7 heteroatoms. The second-order valence-corrected chi connectivity index (χ2v) is 5.69. The summed E-state index contributed by atoms with van der Waals surface area (Å²) in [4.78, 5) is 0.419. The van der Waals surface area contributed by atoms with Crippen molar-refractivity contribution >= 4 is 27.2 Å². The number of thiocarbonyl (C=S) groups is 1. The van der Waals surface area contributed by atoms with Gasteiger partial charge >= 0.3 is 0 Å². The fourth-order valence-corrected chi connectivity index (χ4v) is 2.42. The highest BCUT2D eigenvalue weighted by molar-refractivity contribution is 7.89. The molecule has 0 atom stereocenters. The summed E-state index contributed by atoms with van der Waals surface area (Å²) in [6.45, 7) is 3.00. The highest BCUT2D eigenvalue weighted by atomic mass is 32.2. The van der Waals surface area contributed by atoms with Crippen molar-refractivity contribution in [1.82, 2.24) is 4.72 Å². The molecule has 0 unspecified atom stereocenters. The predicted octanol–water partition coefficient (Wildman–Crippen LogP) is 0.636. The van der Waals surface area contributed by atoms with Crippen LogP contribution in [0.15, 0.2) is 29.2 Å². The number of hydrogen-bond donors (Lipinski definition) is 2. The lowest BCUT2D eigenvalue weighted by molar-refractivity contribution is 0.153. The zero-order valence-corrected chi connectivity index (χ0v) is 11.7. The Balaban J connectivity index is 2.70. The second kappa shape index (κ2) is 6.79. The van der Waals surface area contributed by atoms with E-state index < -0.39 is 10.0 Å². The van der Waals surface area contributed by atoms with Crippen molar-refractivity contribution in [2.45, 2.75) is 11.8 Å². The second-order valence-electron chi connectivity index (χ2n) is 3.48. The van der Waals surface area contributed by atoms with Crippen LogP contribution < -0.4 is 10.5 Å². The van der Waals surface area contributed by atoms with Crippen molar-refractivity contribution in [3.05, 3.63) is 29.8 Å². The van der Waals surface area contributed by atoms with E-state index in [-0.39, 0.29) is 16.4 Å². The SMILES string of the molecule is CCOCCNS(=O)(=O)c1ccc(C(N)=S)cc1. The largest absolute Gasteiger partial charge is 0.389 e. The van der Waals surface area contributed by atoms with Crippen LogP contribution in [0.2, 0.25) is 0 Å². The van der Waals surface area contributed by atoms with Crippen LogP contribution in [-0.2, 0) is 14.8 Å². The van der Waals surface area contributed by atoms with Crippen LogP contribution in [0, 0.1) is 0 Å². The third kappa shape index (κ3) is 4.34. The van der Waals surface area contributed by atoms with Crippen molar-refractivity contribution in [2.24, 2.45) is 5.73 Å². The summed E-state index contributed by atoms with van der Waals surface area (Å²) >= 11 is 4.79. The molecule has 0 aliphatic carbocycles. The number of nitrogens with one attached hydrogen (secondary N) is 1. The molecule has 0 saturated heterocycles. The first-order valence-electron chi connectivity index (χ1n) is 5.44. The number of benzene rings is 1. The predicted molar refractivity (Wildman–Crippen MR) is 74.0 cm³/mol. The molecule has 1 aromatic rings. The van der Waals surface area contributed by atoms with Gasteiger partial charge in [0.2, 0.25) is 10.0 Å². The molecule has 1 rings (SSSR count). The van der Waals surface area contributed by atoms with Gasteiger partial charge in [0.05, 0.1) is 11.5 Å². The van der Waals surface area contributed by atoms with Crippen LogP contribution in [0.3, 0.4) is 0 Å². The molecule has 5 nitrogen and oxygen atoms in total. The number of rotatable bonds is 7. The van der Waals surface area contributed by atoms with Crippen molar-refractivity contribution < 1.29 is 13.2 Å². The summed E-state index contributed by atoms with van der Waals surface area (Å²) in [6, 6.07) is 6.11. The smallest absolute Gasteiger partial charge is 0.240 e. The van der Waals surface area contributed by atoms with E-state index in [1.165, 1.54) is 12.1 Å². The van der Waals surface area contributed by atoms with Gasteiger partial charge in [-0.2, -0.15) is 0 Å². The maximum absolute atomic E-state index is 11.8. The van der Waals surface area contributed by atoms with E-state index in [2.05, 4.69) is 4.72 Å². The van der Waals surface area contributed by atoms with E-state index in [1.807, 2.05) is 6.92 Å². The summed E-state index contributed by atoms with van der Waals surface area (Å²) in [6.07, 6.45) is 0. The molecule has 0 amide bonds. The Morgan fingerprint density at radius 2 is 2.00 bits per heavy atom. The van der Waals surface area contributed by atoms with Crippen molar-refractivity contribution in [3.8, 4) is 0 Å². The molecule has 0 heterocycles. The van der Waals surface area contributed by atoms with Gasteiger partial charge in [0.15, 0.2) is 0 Å². The molecule has 0 spiro atoms. The van der Waals surface area contributed by atoms with E-state index in [1.54, 1.807) is 12.1 Å². The lowest BCUT2D eigenvalue weighted by Crippen LogP contribution is -2.27. The summed E-state index contributed by atoms with van der Waals surface area (Å²) < 4.78 is 31.2.